The van der Waals surface area contributed by atoms with Crippen molar-refractivity contribution >= 4 is 29.0 Å². The normalized spacial score (nSPS) is 23.2. The molecule has 36 heavy (non-hydrogen) atoms. The molecule has 3 aromatic rings. The van der Waals surface area contributed by atoms with Gasteiger partial charge >= 0.3 is 0 Å². The maximum Gasteiger partial charge on any atom is 0.194 e. The first kappa shape index (κ1) is 25.7. The highest BCUT2D eigenvalue weighted by Crippen LogP contribution is 2.32. The third kappa shape index (κ3) is 5.54. The number of rotatable bonds is 5. The number of pyridine rings is 1. The first-order chi connectivity index (χ1) is 17.2. The first-order valence-corrected chi connectivity index (χ1v) is 11.0. The number of benzene rings is 1. The van der Waals surface area contributed by atoms with E-state index < -0.39 is 48.4 Å². The topological polar surface area (TPSA) is 144 Å². The van der Waals surface area contributed by atoms with Crippen LogP contribution in [-0.2, 0) is 4.74 Å². The fourth-order valence-corrected chi connectivity index (χ4v) is 3.92. The van der Waals surface area contributed by atoms with Crippen LogP contribution in [-0.4, -0.2) is 66.8 Å². The smallest absolute Gasteiger partial charge is 0.194 e. The molecule has 1 fully saturated rings. The third-order valence-corrected chi connectivity index (χ3v) is 5.60. The Morgan fingerprint density at radius 1 is 1.25 bits per heavy atom. The van der Waals surface area contributed by atoms with Crippen LogP contribution in [0.15, 0.2) is 46.8 Å². The van der Waals surface area contributed by atoms with Gasteiger partial charge in [-0.2, -0.15) is 0 Å². The Labute approximate surface area is 207 Å². The molecule has 4 unspecified atom stereocenters. The Morgan fingerprint density at radius 2 is 1.97 bits per heavy atom. The summed E-state index contributed by atoms with van der Waals surface area (Å²) >= 11 is 5.99. The molecule has 2 aromatic heterocycles. The van der Waals surface area contributed by atoms with Gasteiger partial charge in [0, 0.05) is 18.2 Å². The molecule has 4 N–H and O–H groups in total. The van der Waals surface area contributed by atoms with Crippen molar-refractivity contribution < 1.29 is 28.1 Å². The van der Waals surface area contributed by atoms with Crippen LogP contribution in [0.25, 0.3) is 11.3 Å². The second-order valence-corrected chi connectivity index (χ2v) is 8.50. The number of aliphatic hydroxyl groups is 2. The van der Waals surface area contributed by atoms with Gasteiger partial charge in [0.25, 0.3) is 0 Å². The highest BCUT2D eigenvalue weighted by molar-refractivity contribution is 6.30. The summed E-state index contributed by atoms with van der Waals surface area (Å²) in [6.07, 6.45) is 1.14. The van der Waals surface area contributed by atoms with Crippen LogP contribution in [0, 0.1) is 17.5 Å². The van der Waals surface area contributed by atoms with Crippen molar-refractivity contribution in [2.24, 2.45) is 15.7 Å². The van der Waals surface area contributed by atoms with Crippen molar-refractivity contribution in [2.75, 3.05) is 6.61 Å². The van der Waals surface area contributed by atoms with E-state index in [0.717, 1.165) is 12.1 Å². The Kier molecular flexibility index (Phi) is 7.64. The molecule has 1 aliphatic rings. The molecule has 1 aromatic carbocycles. The molecular formula is C22H21ClF3N7O3. The van der Waals surface area contributed by atoms with Crippen LogP contribution in [0.4, 0.5) is 18.9 Å². The van der Waals surface area contributed by atoms with E-state index in [9.17, 15) is 23.4 Å². The number of aliphatic hydroxyl groups excluding tert-OH is 2. The molecule has 0 saturated carbocycles. The molecule has 1 aliphatic heterocycles. The van der Waals surface area contributed by atoms with E-state index >= 15 is 0 Å². The minimum Gasteiger partial charge on any atom is -0.394 e. The van der Waals surface area contributed by atoms with Gasteiger partial charge in [-0.05, 0) is 25.1 Å². The van der Waals surface area contributed by atoms with Crippen molar-refractivity contribution in [3.63, 3.8) is 0 Å². The summed E-state index contributed by atoms with van der Waals surface area (Å²) in [4.78, 5) is 12.7. The molecule has 0 bridgehead atoms. The van der Waals surface area contributed by atoms with Gasteiger partial charge in [-0.15, -0.1) is 5.10 Å². The minimum absolute atomic E-state index is 0.0401. The van der Waals surface area contributed by atoms with Crippen LogP contribution in [0.2, 0.25) is 5.02 Å². The summed E-state index contributed by atoms with van der Waals surface area (Å²) in [5.41, 5.74) is 6.15. The molecule has 14 heteroatoms. The zero-order chi connectivity index (χ0) is 26.0. The summed E-state index contributed by atoms with van der Waals surface area (Å²) in [7, 11) is 0. The lowest BCUT2D eigenvalue weighted by atomic mass is 9.95. The van der Waals surface area contributed by atoms with E-state index in [4.69, 9.17) is 22.1 Å². The summed E-state index contributed by atoms with van der Waals surface area (Å²) < 4.78 is 47.8. The van der Waals surface area contributed by atoms with Crippen molar-refractivity contribution in [1.29, 1.82) is 0 Å². The first-order valence-electron chi connectivity index (χ1n) is 10.7. The molecule has 190 valence electrons. The highest BCUT2D eigenvalue weighted by atomic mass is 35.5. The lowest BCUT2D eigenvalue weighted by Gasteiger charge is -2.38. The minimum atomic E-state index is -1.60. The van der Waals surface area contributed by atoms with Gasteiger partial charge in [-0.25, -0.2) is 27.8 Å². The van der Waals surface area contributed by atoms with Gasteiger partial charge in [0.15, 0.2) is 23.3 Å². The predicted octanol–water partition coefficient (Wildman–Crippen LogP) is 2.57. The number of aromatic nitrogens is 4. The number of hydrogen-bond donors (Lipinski definition) is 3. The maximum atomic E-state index is 13.7. The van der Waals surface area contributed by atoms with E-state index in [2.05, 4.69) is 25.3 Å². The molecule has 0 radical (unpaired) electrons. The fraction of sp³-hybridized carbons (Fsp3) is 0.318. The monoisotopic (exact) mass is 523 g/mol. The number of nitrogens with two attached hydrogens (primary N) is 1. The fourth-order valence-electron chi connectivity index (χ4n) is 3.75. The average molecular weight is 524 g/mol. The predicted molar refractivity (Wildman–Crippen MR) is 124 cm³/mol. The zero-order valence-corrected chi connectivity index (χ0v) is 19.5. The lowest BCUT2D eigenvalue weighted by Crippen LogP contribution is -2.50. The van der Waals surface area contributed by atoms with E-state index in [-0.39, 0.29) is 29.3 Å². The van der Waals surface area contributed by atoms with Crippen molar-refractivity contribution in [3.05, 3.63) is 59.3 Å². The quantitative estimate of drug-likeness (QED) is 0.265. The number of aliphatic imine (C=N–C) groups is 2. The van der Waals surface area contributed by atoms with Crippen molar-refractivity contribution in [2.45, 2.75) is 37.7 Å². The Balaban J connectivity index is 1.69. The molecule has 4 atom stereocenters. The lowest BCUT2D eigenvalue weighted by molar-refractivity contribution is -0.137. The standard InChI is InChI=1S/C22H21ClF3N7O3/c1-10(27)29-22(30-13-4-12(23)6-28-7-13)18-5-17(21(35)19(9-34)36-18)33-8-16(31-32-33)11-2-14(24)20(26)15(25)3-11/h2-4,6-8,17-19,21,34-35H,5,9H2,1H3,(H2,27,29,30). The summed E-state index contributed by atoms with van der Waals surface area (Å²) in [6.45, 7) is 1.01. The molecule has 0 aliphatic carbocycles. The number of amidine groups is 2. The SMILES string of the molecule is CC(N)=NC(=Nc1cncc(Cl)c1)C1CC(n2cc(-c3cc(F)c(F)c(F)c3)nn2)C(O)C(CO)O1. The van der Waals surface area contributed by atoms with Gasteiger partial charge < -0.3 is 20.7 Å². The molecule has 3 heterocycles. The molecular weight excluding hydrogens is 503 g/mol. The van der Waals surface area contributed by atoms with E-state index in [0.29, 0.717) is 10.7 Å². The summed E-state index contributed by atoms with van der Waals surface area (Å²) in [6, 6.07) is 2.32. The second kappa shape index (κ2) is 10.7. The van der Waals surface area contributed by atoms with Crippen LogP contribution >= 0.6 is 11.6 Å². The van der Waals surface area contributed by atoms with Crippen LogP contribution in [0.1, 0.15) is 19.4 Å². The van der Waals surface area contributed by atoms with Gasteiger partial charge in [-0.3, -0.25) is 4.98 Å². The largest absolute Gasteiger partial charge is 0.394 e. The molecule has 4 rings (SSSR count). The van der Waals surface area contributed by atoms with E-state index in [1.54, 1.807) is 13.0 Å². The van der Waals surface area contributed by atoms with Crippen molar-refractivity contribution in [1.82, 2.24) is 20.0 Å². The summed E-state index contributed by atoms with van der Waals surface area (Å²) in [5.74, 6) is -4.04. The van der Waals surface area contributed by atoms with E-state index in [1.807, 2.05) is 0 Å². The summed E-state index contributed by atoms with van der Waals surface area (Å²) in [5, 5.41) is 28.9. The Hall–Kier alpha value is -3.39. The molecule has 0 spiro atoms. The Morgan fingerprint density at radius 3 is 2.61 bits per heavy atom. The third-order valence-electron chi connectivity index (χ3n) is 5.39. The van der Waals surface area contributed by atoms with Gasteiger partial charge in [-0.1, -0.05) is 16.8 Å². The van der Waals surface area contributed by atoms with Crippen LogP contribution < -0.4 is 5.73 Å². The second-order valence-electron chi connectivity index (χ2n) is 8.06. The van der Waals surface area contributed by atoms with Gasteiger partial charge in [0.05, 0.1) is 41.6 Å². The molecule has 10 nitrogen and oxygen atoms in total. The molecule has 1 saturated heterocycles. The Bertz CT molecular complexity index is 1290. The van der Waals surface area contributed by atoms with Crippen molar-refractivity contribution in [3.8, 4) is 11.3 Å². The highest BCUT2D eigenvalue weighted by Gasteiger charge is 2.41. The van der Waals surface area contributed by atoms with Crippen LogP contribution in [0.5, 0.6) is 0 Å². The van der Waals surface area contributed by atoms with Gasteiger partial charge in [0.2, 0.25) is 0 Å². The number of hydrogen-bond acceptors (Lipinski definition) is 7. The number of nitrogens with zero attached hydrogens (tertiary/aromatic N) is 6. The molecule has 0 amide bonds. The van der Waals surface area contributed by atoms with E-state index in [1.165, 1.54) is 23.3 Å². The maximum absolute atomic E-state index is 13.7. The number of ether oxygens (including phenoxy) is 1. The van der Waals surface area contributed by atoms with Gasteiger partial charge in [0.1, 0.15) is 24.0 Å². The van der Waals surface area contributed by atoms with Crippen LogP contribution in [0.3, 0.4) is 0 Å². The zero-order valence-electron chi connectivity index (χ0n) is 18.8. The average Bonchev–Trinajstić information content (AvgIpc) is 3.32. The number of halogens is 4.